The number of halogens is 3. The Kier molecular flexibility index (Phi) is 4.32. The van der Waals surface area contributed by atoms with Crippen molar-refractivity contribution in [3.05, 3.63) is 35.4 Å². The molecule has 1 heterocycles. The summed E-state index contributed by atoms with van der Waals surface area (Å²) in [6, 6.07) is 5.53. The van der Waals surface area contributed by atoms with E-state index in [1.54, 1.807) is 6.07 Å². The summed E-state index contributed by atoms with van der Waals surface area (Å²) in [5.41, 5.74) is -0.390. The van der Waals surface area contributed by atoms with E-state index in [4.69, 9.17) is 0 Å². The van der Waals surface area contributed by atoms with Crippen molar-refractivity contribution in [2.24, 2.45) is 5.92 Å². The van der Waals surface area contributed by atoms with Crippen LogP contribution in [0.25, 0.3) is 0 Å². The maximum absolute atomic E-state index is 13.0. The molecule has 1 aromatic rings. The molecule has 110 valence electrons. The molecule has 0 saturated carbocycles. The number of piperidine rings is 1. The average molecular weight is 287 g/mol. The minimum absolute atomic E-state index is 0.237. The molecule has 0 unspecified atom stereocenters. The molecule has 0 spiro atoms. The summed E-state index contributed by atoms with van der Waals surface area (Å²) in [4.78, 5) is 11.5. The summed E-state index contributed by atoms with van der Waals surface area (Å²) in [6.45, 7) is 0.873. The summed E-state index contributed by atoms with van der Waals surface area (Å²) in [5.74, 6) is -1.13. The molecular formula is C14H16F3NO2. The van der Waals surface area contributed by atoms with Gasteiger partial charge in [-0.3, -0.25) is 4.79 Å². The van der Waals surface area contributed by atoms with E-state index in [1.165, 1.54) is 19.2 Å². The quantitative estimate of drug-likeness (QED) is 0.850. The summed E-state index contributed by atoms with van der Waals surface area (Å²) in [5, 5.41) is 3.01. The van der Waals surface area contributed by atoms with Crippen LogP contribution in [0.1, 0.15) is 23.5 Å². The number of rotatable bonds is 2. The number of hydrogen-bond donors (Lipinski definition) is 1. The van der Waals surface area contributed by atoms with Crippen LogP contribution in [0.3, 0.4) is 0 Å². The molecule has 0 bridgehead atoms. The van der Waals surface area contributed by atoms with E-state index in [1.807, 2.05) is 0 Å². The lowest BCUT2D eigenvalue weighted by atomic mass is 9.83. The SMILES string of the molecule is COC(=O)[C@H]1CNC[C@H](c2ccccc2C(F)(F)F)C1. The highest BCUT2D eigenvalue weighted by atomic mass is 19.4. The number of carbonyl (C=O) groups is 1. The van der Waals surface area contributed by atoms with Crippen LogP contribution < -0.4 is 5.32 Å². The Morgan fingerprint density at radius 2 is 2.00 bits per heavy atom. The van der Waals surface area contributed by atoms with Crippen molar-refractivity contribution in [1.82, 2.24) is 5.32 Å². The van der Waals surface area contributed by atoms with Crippen LogP contribution in [-0.2, 0) is 15.7 Å². The van der Waals surface area contributed by atoms with Gasteiger partial charge in [0.2, 0.25) is 0 Å². The lowest BCUT2D eigenvalue weighted by molar-refractivity contribution is -0.146. The van der Waals surface area contributed by atoms with Gasteiger partial charge in [-0.25, -0.2) is 0 Å². The Balaban J connectivity index is 2.26. The van der Waals surface area contributed by atoms with Gasteiger partial charge in [0.05, 0.1) is 18.6 Å². The molecule has 0 aromatic heterocycles. The zero-order chi connectivity index (χ0) is 14.8. The predicted molar refractivity (Wildman–Crippen MR) is 67.2 cm³/mol. The van der Waals surface area contributed by atoms with Crippen molar-refractivity contribution in [3.8, 4) is 0 Å². The highest BCUT2D eigenvalue weighted by Crippen LogP contribution is 2.37. The van der Waals surface area contributed by atoms with Gasteiger partial charge < -0.3 is 10.1 Å². The fourth-order valence-electron chi connectivity index (χ4n) is 2.64. The normalized spacial score (nSPS) is 23.4. The van der Waals surface area contributed by atoms with Crippen molar-refractivity contribution in [3.63, 3.8) is 0 Å². The van der Waals surface area contributed by atoms with E-state index >= 15 is 0 Å². The van der Waals surface area contributed by atoms with E-state index in [0.29, 0.717) is 19.5 Å². The Hall–Kier alpha value is -1.56. The van der Waals surface area contributed by atoms with Gasteiger partial charge in [0.15, 0.2) is 0 Å². The zero-order valence-electron chi connectivity index (χ0n) is 11.0. The van der Waals surface area contributed by atoms with Crippen LogP contribution in [0.15, 0.2) is 24.3 Å². The molecule has 1 N–H and O–H groups in total. The first-order chi connectivity index (χ1) is 9.43. The second kappa shape index (κ2) is 5.83. The monoisotopic (exact) mass is 287 g/mol. The number of carbonyl (C=O) groups excluding carboxylic acids is 1. The number of benzene rings is 1. The van der Waals surface area contributed by atoms with Crippen molar-refractivity contribution in [2.45, 2.75) is 18.5 Å². The fraction of sp³-hybridized carbons (Fsp3) is 0.500. The highest BCUT2D eigenvalue weighted by Gasteiger charge is 2.37. The van der Waals surface area contributed by atoms with E-state index in [2.05, 4.69) is 10.1 Å². The molecule has 0 radical (unpaired) electrons. The van der Waals surface area contributed by atoms with Gasteiger partial charge in [-0.15, -0.1) is 0 Å². The Morgan fingerprint density at radius 3 is 2.65 bits per heavy atom. The van der Waals surface area contributed by atoms with Crippen molar-refractivity contribution < 1.29 is 22.7 Å². The molecule has 1 aromatic carbocycles. The third kappa shape index (κ3) is 3.12. The van der Waals surface area contributed by atoms with Crippen LogP contribution in [0.2, 0.25) is 0 Å². The lowest BCUT2D eigenvalue weighted by Gasteiger charge is -2.30. The Bertz CT molecular complexity index is 488. The number of hydrogen-bond acceptors (Lipinski definition) is 3. The van der Waals surface area contributed by atoms with Crippen LogP contribution in [0, 0.1) is 5.92 Å². The largest absolute Gasteiger partial charge is 0.469 e. The summed E-state index contributed by atoms with van der Waals surface area (Å²) in [7, 11) is 1.29. The summed E-state index contributed by atoms with van der Waals surface area (Å²) in [6.07, 6.45) is -4.01. The van der Waals surface area contributed by atoms with Gasteiger partial charge in [-0.1, -0.05) is 18.2 Å². The van der Waals surface area contributed by atoms with Crippen LogP contribution in [0.5, 0.6) is 0 Å². The van der Waals surface area contributed by atoms with E-state index in [-0.39, 0.29) is 17.5 Å². The van der Waals surface area contributed by atoms with Gasteiger partial charge in [-0.2, -0.15) is 13.2 Å². The van der Waals surface area contributed by atoms with Gasteiger partial charge in [-0.05, 0) is 24.0 Å². The van der Waals surface area contributed by atoms with Gasteiger partial charge in [0.25, 0.3) is 0 Å². The second-order valence-electron chi connectivity index (χ2n) is 4.90. The predicted octanol–water partition coefficient (Wildman–Crippen LogP) is 2.57. The maximum atomic E-state index is 13.0. The van der Waals surface area contributed by atoms with Crippen LogP contribution >= 0.6 is 0 Å². The molecular weight excluding hydrogens is 271 g/mol. The summed E-state index contributed by atoms with van der Waals surface area (Å²) < 4.78 is 43.7. The van der Waals surface area contributed by atoms with Crippen molar-refractivity contribution in [2.75, 3.05) is 20.2 Å². The molecule has 1 aliphatic rings. The molecule has 2 rings (SSSR count). The first-order valence-corrected chi connectivity index (χ1v) is 6.38. The number of methoxy groups -OCH3 is 1. The fourth-order valence-corrected chi connectivity index (χ4v) is 2.64. The van der Waals surface area contributed by atoms with E-state index in [9.17, 15) is 18.0 Å². The third-order valence-electron chi connectivity index (χ3n) is 3.59. The summed E-state index contributed by atoms with van der Waals surface area (Å²) >= 11 is 0. The molecule has 6 heteroatoms. The molecule has 20 heavy (non-hydrogen) atoms. The van der Waals surface area contributed by atoms with Gasteiger partial charge in [0.1, 0.15) is 0 Å². The van der Waals surface area contributed by atoms with Crippen molar-refractivity contribution in [1.29, 1.82) is 0 Å². The van der Waals surface area contributed by atoms with Crippen molar-refractivity contribution >= 4 is 5.97 Å². The molecule has 1 saturated heterocycles. The maximum Gasteiger partial charge on any atom is 0.416 e. The smallest absolute Gasteiger partial charge is 0.416 e. The molecule has 3 nitrogen and oxygen atoms in total. The minimum atomic E-state index is -4.38. The number of esters is 1. The van der Waals surface area contributed by atoms with Crippen LogP contribution in [-0.4, -0.2) is 26.2 Å². The molecule has 0 amide bonds. The van der Waals surface area contributed by atoms with E-state index < -0.39 is 17.7 Å². The average Bonchev–Trinajstić information content (AvgIpc) is 2.45. The topological polar surface area (TPSA) is 38.3 Å². The van der Waals surface area contributed by atoms with E-state index in [0.717, 1.165) is 6.07 Å². The molecule has 2 atom stereocenters. The van der Waals surface area contributed by atoms with Gasteiger partial charge in [0, 0.05) is 13.1 Å². The second-order valence-corrected chi connectivity index (χ2v) is 4.90. The van der Waals surface area contributed by atoms with Gasteiger partial charge >= 0.3 is 12.1 Å². The standard InChI is InChI=1S/C14H16F3NO2/c1-20-13(19)10-6-9(7-18-8-10)11-4-2-3-5-12(11)14(15,16)17/h2-5,9-10,18H,6-8H2,1H3/t9-,10-/m1/s1. The number of nitrogens with one attached hydrogen (secondary N) is 1. The Labute approximate surface area is 115 Å². The lowest BCUT2D eigenvalue weighted by Crippen LogP contribution is -2.39. The molecule has 1 aliphatic heterocycles. The first kappa shape index (κ1) is 14.8. The molecule has 1 fully saturated rings. The minimum Gasteiger partial charge on any atom is -0.469 e. The molecule has 0 aliphatic carbocycles. The first-order valence-electron chi connectivity index (χ1n) is 6.38. The Morgan fingerprint density at radius 1 is 1.30 bits per heavy atom. The zero-order valence-corrected chi connectivity index (χ0v) is 11.0. The number of alkyl halides is 3. The van der Waals surface area contributed by atoms with Crippen LogP contribution in [0.4, 0.5) is 13.2 Å². The third-order valence-corrected chi connectivity index (χ3v) is 3.59. The number of ether oxygens (including phenoxy) is 1. The highest BCUT2D eigenvalue weighted by molar-refractivity contribution is 5.72.